The first-order chi connectivity index (χ1) is 12.9. The van der Waals surface area contributed by atoms with Crippen molar-refractivity contribution < 1.29 is 14.3 Å². The fraction of sp³-hybridized carbons (Fsp3) is 0.450. The quantitative estimate of drug-likeness (QED) is 0.591. The standard InChI is InChI=1S/C20H22N2O3S2/c1-11-9-15(13(3)26-11)20(24)25-12(2)18(23)22-19-16(10-21)14-7-5-4-6-8-17(14)27-19/h9,12H,4-8H2,1-3H3,(H,22,23)/t12-/m0/s1. The third kappa shape index (κ3) is 4.23. The van der Waals surface area contributed by atoms with Gasteiger partial charge < -0.3 is 10.1 Å². The molecule has 27 heavy (non-hydrogen) atoms. The molecule has 0 bridgehead atoms. The lowest BCUT2D eigenvalue weighted by Crippen LogP contribution is -2.30. The van der Waals surface area contributed by atoms with Crippen molar-refractivity contribution in [1.82, 2.24) is 0 Å². The van der Waals surface area contributed by atoms with E-state index in [1.165, 1.54) is 34.0 Å². The summed E-state index contributed by atoms with van der Waals surface area (Å²) in [7, 11) is 0. The van der Waals surface area contributed by atoms with Gasteiger partial charge in [0, 0.05) is 14.6 Å². The first-order valence-corrected chi connectivity index (χ1v) is 10.7. The number of nitrogens with zero attached hydrogens (tertiary/aromatic N) is 1. The molecule has 0 radical (unpaired) electrons. The van der Waals surface area contributed by atoms with Crippen LogP contribution in [0.4, 0.5) is 5.00 Å². The molecular weight excluding hydrogens is 380 g/mol. The van der Waals surface area contributed by atoms with E-state index in [0.717, 1.165) is 41.0 Å². The monoisotopic (exact) mass is 402 g/mol. The minimum atomic E-state index is -0.939. The predicted octanol–water partition coefficient (Wildman–Crippen LogP) is 4.75. The van der Waals surface area contributed by atoms with Crippen molar-refractivity contribution in [2.75, 3.05) is 5.32 Å². The first kappa shape index (κ1) is 19.6. The van der Waals surface area contributed by atoms with Gasteiger partial charge in [0.15, 0.2) is 6.10 Å². The molecule has 7 heteroatoms. The van der Waals surface area contributed by atoms with E-state index < -0.39 is 18.0 Å². The highest BCUT2D eigenvalue weighted by Crippen LogP contribution is 2.37. The average Bonchev–Trinajstić information content (AvgIpc) is 3.03. The highest BCUT2D eigenvalue weighted by Gasteiger charge is 2.25. The van der Waals surface area contributed by atoms with Crippen LogP contribution in [-0.4, -0.2) is 18.0 Å². The Balaban J connectivity index is 1.71. The molecule has 0 fully saturated rings. The minimum Gasteiger partial charge on any atom is -0.449 e. The van der Waals surface area contributed by atoms with Gasteiger partial charge in [0.1, 0.15) is 11.1 Å². The molecule has 1 N–H and O–H groups in total. The number of nitriles is 1. The molecular formula is C20H22N2O3S2. The third-order valence-electron chi connectivity index (χ3n) is 4.68. The van der Waals surface area contributed by atoms with Crippen molar-refractivity contribution in [1.29, 1.82) is 5.26 Å². The van der Waals surface area contributed by atoms with Crippen LogP contribution in [0.15, 0.2) is 6.07 Å². The molecule has 1 amide bonds. The van der Waals surface area contributed by atoms with Gasteiger partial charge in [-0.25, -0.2) is 4.79 Å². The number of anilines is 1. The number of hydrogen-bond donors (Lipinski definition) is 1. The Morgan fingerprint density at radius 2 is 1.96 bits per heavy atom. The molecule has 1 aliphatic rings. The maximum atomic E-state index is 12.5. The smallest absolute Gasteiger partial charge is 0.340 e. The summed E-state index contributed by atoms with van der Waals surface area (Å²) in [6.07, 6.45) is 4.24. The molecule has 0 aromatic carbocycles. The average molecular weight is 403 g/mol. The van der Waals surface area contributed by atoms with Gasteiger partial charge >= 0.3 is 5.97 Å². The van der Waals surface area contributed by atoms with E-state index >= 15 is 0 Å². The van der Waals surface area contributed by atoms with Crippen LogP contribution in [0.25, 0.3) is 0 Å². The number of esters is 1. The SMILES string of the molecule is Cc1cc(C(=O)O[C@@H](C)C(=O)Nc2sc3c(c2C#N)CCCCC3)c(C)s1. The van der Waals surface area contributed by atoms with Gasteiger partial charge in [-0.15, -0.1) is 22.7 Å². The number of carbonyl (C=O) groups is 2. The predicted molar refractivity (Wildman–Crippen MR) is 108 cm³/mol. The van der Waals surface area contributed by atoms with Crippen LogP contribution in [0.5, 0.6) is 0 Å². The van der Waals surface area contributed by atoms with Crippen LogP contribution in [0.3, 0.4) is 0 Å². The van der Waals surface area contributed by atoms with E-state index in [9.17, 15) is 14.9 Å². The van der Waals surface area contributed by atoms with Crippen LogP contribution in [0.1, 0.15) is 62.3 Å². The molecule has 0 aliphatic heterocycles. The van der Waals surface area contributed by atoms with Gasteiger partial charge in [-0.3, -0.25) is 4.79 Å². The van der Waals surface area contributed by atoms with E-state index in [4.69, 9.17) is 4.74 Å². The highest BCUT2D eigenvalue weighted by atomic mass is 32.1. The topological polar surface area (TPSA) is 79.2 Å². The molecule has 1 atom stereocenters. The maximum Gasteiger partial charge on any atom is 0.340 e. The summed E-state index contributed by atoms with van der Waals surface area (Å²) in [6, 6.07) is 4.02. The molecule has 2 aromatic heterocycles. The second-order valence-electron chi connectivity index (χ2n) is 6.74. The van der Waals surface area contributed by atoms with Gasteiger partial charge in [-0.05, 0) is 58.1 Å². The fourth-order valence-corrected chi connectivity index (χ4v) is 5.43. The number of fused-ring (bicyclic) bond motifs is 1. The summed E-state index contributed by atoms with van der Waals surface area (Å²) in [4.78, 5) is 27.9. The minimum absolute atomic E-state index is 0.416. The maximum absolute atomic E-state index is 12.5. The summed E-state index contributed by atoms with van der Waals surface area (Å²) >= 11 is 3.00. The Hall–Kier alpha value is -2.17. The molecule has 3 rings (SSSR count). The van der Waals surface area contributed by atoms with Crippen molar-refractivity contribution in [3.63, 3.8) is 0 Å². The number of carbonyl (C=O) groups excluding carboxylic acids is 2. The lowest BCUT2D eigenvalue weighted by molar-refractivity contribution is -0.123. The Labute approximate surface area is 167 Å². The van der Waals surface area contributed by atoms with E-state index in [2.05, 4.69) is 11.4 Å². The number of thiophene rings is 2. The Kier molecular flexibility index (Phi) is 5.98. The number of ether oxygens (including phenoxy) is 1. The first-order valence-electron chi connectivity index (χ1n) is 9.04. The fourth-order valence-electron chi connectivity index (χ4n) is 3.27. The summed E-state index contributed by atoms with van der Waals surface area (Å²) in [5.74, 6) is -0.914. The van der Waals surface area contributed by atoms with Crippen molar-refractivity contribution >= 4 is 39.6 Å². The van der Waals surface area contributed by atoms with E-state index in [0.29, 0.717) is 16.1 Å². The molecule has 2 aromatic rings. The zero-order valence-electron chi connectivity index (χ0n) is 15.7. The van der Waals surface area contributed by atoms with Gasteiger partial charge in [0.2, 0.25) is 0 Å². The third-order valence-corrected chi connectivity index (χ3v) is 6.86. The largest absolute Gasteiger partial charge is 0.449 e. The molecule has 0 saturated carbocycles. The Morgan fingerprint density at radius 3 is 2.63 bits per heavy atom. The lowest BCUT2D eigenvalue weighted by Gasteiger charge is -2.13. The van der Waals surface area contributed by atoms with Gasteiger partial charge in [-0.2, -0.15) is 5.26 Å². The zero-order valence-corrected chi connectivity index (χ0v) is 17.3. The van der Waals surface area contributed by atoms with Crippen molar-refractivity contribution in [2.24, 2.45) is 0 Å². The van der Waals surface area contributed by atoms with Crippen molar-refractivity contribution in [3.05, 3.63) is 37.4 Å². The molecule has 0 spiro atoms. The number of rotatable bonds is 4. The van der Waals surface area contributed by atoms with Crippen LogP contribution in [0, 0.1) is 25.2 Å². The number of aryl methyl sites for hydroxylation is 3. The van der Waals surface area contributed by atoms with E-state index in [-0.39, 0.29) is 0 Å². The number of amides is 1. The van der Waals surface area contributed by atoms with Gasteiger partial charge in [0.05, 0.1) is 11.1 Å². The number of hydrogen-bond acceptors (Lipinski definition) is 6. The molecule has 5 nitrogen and oxygen atoms in total. The van der Waals surface area contributed by atoms with E-state index in [1.54, 1.807) is 13.0 Å². The Bertz CT molecular complexity index is 921. The summed E-state index contributed by atoms with van der Waals surface area (Å²) in [5.41, 5.74) is 2.13. The number of nitrogens with one attached hydrogen (secondary N) is 1. The lowest BCUT2D eigenvalue weighted by atomic mass is 10.1. The Morgan fingerprint density at radius 1 is 1.22 bits per heavy atom. The molecule has 1 aliphatic carbocycles. The van der Waals surface area contributed by atoms with Crippen LogP contribution < -0.4 is 5.32 Å². The highest BCUT2D eigenvalue weighted by molar-refractivity contribution is 7.16. The summed E-state index contributed by atoms with van der Waals surface area (Å²) in [6.45, 7) is 5.33. The van der Waals surface area contributed by atoms with Crippen LogP contribution in [-0.2, 0) is 22.4 Å². The second-order valence-corrected chi connectivity index (χ2v) is 9.31. The van der Waals surface area contributed by atoms with Gasteiger partial charge in [0.25, 0.3) is 5.91 Å². The summed E-state index contributed by atoms with van der Waals surface area (Å²) in [5, 5.41) is 12.9. The van der Waals surface area contributed by atoms with E-state index in [1.807, 2.05) is 13.8 Å². The van der Waals surface area contributed by atoms with Crippen molar-refractivity contribution in [3.8, 4) is 6.07 Å². The zero-order chi connectivity index (χ0) is 19.6. The summed E-state index contributed by atoms with van der Waals surface area (Å²) < 4.78 is 5.34. The normalized spacial score (nSPS) is 14.6. The van der Waals surface area contributed by atoms with Crippen LogP contribution >= 0.6 is 22.7 Å². The molecule has 2 heterocycles. The van der Waals surface area contributed by atoms with Crippen molar-refractivity contribution in [2.45, 2.75) is 59.0 Å². The van der Waals surface area contributed by atoms with Crippen LogP contribution in [0.2, 0.25) is 0 Å². The van der Waals surface area contributed by atoms with Gasteiger partial charge in [-0.1, -0.05) is 6.42 Å². The molecule has 0 unspecified atom stereocenters. The molecule has 142 valence electrons. The molecule has 0 saturated heterocycles. The second kappa shape index (κ2) is 8.24.